The van der Waals surface area contributed by atoms with E-state index in [-0.39, 0.29) is 18.5 Å². The highest BCUT2D eigenvalue weighted by Gasteiger charge is 2.38. The van der Waals surface area contributed by atoms with E-state index in [0.29, 0.717) is 5.02 Å². The van der Waals surface area contributed by atoms with Gasteiger partial charge in [0.05, 0.1) is 0 Å². The maximum Gasteiger partial charge on any atom is 0.326 e. The molecule has 0 aliphatic heterocycles. The number of fused-ring (bicyclic) bond motifs is 1. The van der Waals surface area contributed by atoms with Gasteiger partial charge in [0, 0.05) is 22.8 Å². The molecule has 116 valence electrons. The molecular weight excluding hydrogens is 304 g/mol. The third-order valence-electron chi connectivity index (χ3n) is 4.04. The minimum absolute atomic E-state index is 0.0593. The number of carbonyl (C=O) groups excluding carboxylic acids is 1. The van der Waals surface area contributed by atoms with Crippen molar-refractivity contribution >= 4 is 34.4 Å². The van der Waals surface area contributed by atoms with Crippen molar-refractivity contribution in [2.24, 2.45) is 0 Å². The van der Waals surface area contributed by atoms with E-state index in [1.54, 1.807) is 13.0 Å². The molecule has 1 unspecified atom stereocenters. The summed E-state index contributed by atoms with van der Waals surface area (Å²) in [7, 11) is 0. The van der Waals surface area contributed by atoms with E-state index < -0.39 is 12.0 Å². The summed E-state index contributed by atoms with van der Waals surface area (Å²) in [5, 5.41) is 10.8. The molecule has 1 aromatic heterocycles. The molecule has 0 radical (unpaired) electrons. The number of carboxylic acids is 1. The molecule has 3 rings (SSSR count). The normalized spacial score (nSPS) is 15.7. The summed E-state index contributed by atoms with van der Waals surface area (Å²) in [6, 6.07) is 6.69. The summed E-state index contributed by atoms with van der Waals surface area (Å²) in [6.07, 6.45) is 3.58. The fraction of sp³-hybridized carbons (Fsp3) is 0.375. The van der Waals surface area contributed by atoms with Crippen molar-refractivity contribution in [1.82, 2.24) is 9.47 Å². The topological polar surface area (TPSA) is 62.5 Å². The number of hydrogen-bond donors (Lipinski definition) is 1. The number of carbonyl (C=O) groups is 2. The van der Waals surface area contributed by atoms with Crippen molar-refractivity contribution in [3.63, 3.8) is 0 Å². The lowest BCUT2D eigenvalue weighted by Crippen LogP contribution is -2.46. The zero-order chi connectivity index (χ0) is 15.9. The van der Waals surface area contributed by atoms with Crippen LogP contribution in [0.1, 0.15) is 19.8 Å². The number of halogens is 1. The Balaban J connectivity index is 1.85. The van der Waals surface area contributed by atoms with Crippen LogP contribution in [0.25, 0.3) is 10.9 Å². The molecule has 1 heterocycles. The summed E-state index contributed by atoms with van der Waals surface area (Å²) in [5.74, 6) is -1.14. The minimum Gasteiger partial charge on any atom is -0.480 e. The van der Waals surface area contributed by atoms with Crippen molar-refractivity contribution < 1.29 is 14.7 Å². The summed E-state index contributed by atoms with van der Waals surface area (Å²) in [5.41, 5.74) is 0.875. The van der Waals surface area contributed by atoms with Crippen LogP contribution >= 0.6 is 11.6 Å². The molecule has 2 aromatic rings. The van der Waals surface area contributed by atoms with Crippen LogP contribution in [0.3, 0.4) is 0 Å². The van der Waals surface area contributed by atoms with Gasteiger partial charge in [-0.3, -0.25) is 4.79 Å². The second kappa shape index (κ2) is 5.65. The average molecular weight is 321 g/mol. The SMILES string of the molecule is CC(C(=O)O)N(C(=O)Cn1ccc2ccc(Cl)cc21)C1CC1. The van der Waals surface area contributed by atoms with Crippen molar-refractivity contribution in [2.75, 3.05) is 0 Å². The quantitative estimate of drug-likeness (QED) is 0.921. The van der Waals surface area contributed by atoms with Gasteiger partial charge in [0.2, 0.25) is 5.91 Å². The molecule has 1 amide bonds. The molecule has 1 aliphatic rings. The van der Waals surface area contributed by atoms with Gasteiger partial charge in [-0.15, -0.1) is 0 Å². The zero-order valence-electron chi connectivity index (χ0n) is 12.2. The molecule has 1 fully saturated rings. The lowest BCUT2D eigenvalue weighted by molar-refractivity contribution is -0.150. The number of nitrogens with zero attached hydrogens (tertiary/aromatic N) is 2. The summed E-state index contributed by atoms with van der Waals surface area (Å²) in [6.45, 7) is 1.68. The largest absolute Gasteiger partial charge is 0.480 e. The molecule has 1 aromatic carbocycles. The van der Waals surface area contributed by atoms with E-state index in [4.69, 9.17) is 11.6 Å². The highest BCUT2D eigenvalue weighted by molar-refractivity contribution is 6.31. The van der Waals surface area contributed by atoms with Gasteiger partial charge < -0.3 is 14.6 Å². The van der Waals surface area contributed by atoms with Gasteiger partial charge in [-0.2, -0.15) is 0 Å². The average Bonchev–Trinajstić information content (AvgIpc) is 3.22. The number of hydrogen-bond acceptors (Lipinski definition) is 2. The molecule has 1 saturated carbocycles. The fourth-order valence-corrected chi connectivity index (χ4v) is 2.90. The van der Waals surface area contributed by atoms with Crippen molar-refractivity contribution in [3.05, 3.63) is 35.5 Å². The minimum atomic E-state index is -0.972. The molecule has 22 heavy (non-hydrogen) atoms. The first-order chi connectivity index (χ1) is 10.5. The Morgan fingerprint density at radius 3 is 2.77 bits per heavy atom. The van der Waals surface area contributed by atoms with E-state index in [1.165, 1.54) is 4.90 Å². The Kier molecular flexibility index (Phi) is 3.83. The third-order valence-corrected chi connectivity index (χ3v) is 4.28. The van der Waals surface area contributed by atoms with Gasteiger partial charge in [-0.25, -0.2) is 4.79 Å². The van der Waals surface area contributed by atoms with E-state index in [9.17, 15) is 14.7 Å². The van der Waals surface area contributed by atoms with Crippen molar-refractivity contribution in [2.45, 2.75) is 38.4 Å². The predicted molar refractivity (Wildman–Crippen MR) is 83.9 cm³/mol. The number of benzene rings is 1. The van der Waals surface area contributed by atoms with Crippen molar-refractivity contribution in [1.29, 1.82) is 0 Å². The van der Waals surface area contributed by atoms with Crippen LogP contribution in [0.2, 0.25) is 5.02 Å². The van der Waals surface area contributed by atoms with Gasteiger partial charge in [0.1, 0.15) is 12.6 Å². The van der Waals surface area contributed by atoms with Crippen LogP contribution in [0.5, 0.6) is 0 Å². The lowest BCUT2D eigenvalue weighted by atomic mass is 10.2. The predicted octanol–water partition coefficient (Wildman–Crippen LogP) is 2.76. The van der Waals surface area contributed by atoms with Gasteiger partial charge in [0.15, 0.2) is 0 Å². The molecule has 5 nitrogen and oxygen atoms in total. The number of carboxylic acid groups (broad SMARTS) is 1. The highest BCUT2D eigenvalue weighted by atomic mass is 35.5. The number of rotatable bonds is 5. The van der Waals surface area contributed by atoms with Crippen LogP contribution in [-0.4, -0.2) is 38.5 Å². The Labute approximate surface area is 133 Å². The zero-order valence-corrected chi connectivity index (χ0v) is 13.0. The Morgan fingerprint density at radius 2 is 2.14 bits per heavy atom. The molecular formula is C16H17ClN2O3. The second-order valence-corrected chi connectivity index (χ2v) is 6.13. The van der Waals surface area contributed by atoms with E-state index in [1.807, 2.05) is 29.0 Å². The monoisotopic (exact) mass is 320 g/mol. The molecule has 1 atom stereocenters. The second-order valence-electron chi connectivity index (χ2n) is 5.69. The van der Waals surface area contributed by atoms with E-state index in [2.05, 4.69) is 0 Å². The molecule has 0 spiro atoms. The Hall–Kier alpha value is -2.01. The molecule has 0 bridgehead atoms. The number of aromatic nitrogens is 1. The van der Waals surface area contributed by atoms with Crippen LogP contribution in [0.15, 0.2) is 30.5 Å². The fourth-order valence-electron chi connectivity index (χ4n) is 2.73. The molecule has 1 aliphatic carbocycles. The van der Waals surface area contributed by atoms with Gasteiger partial charge >= 0.3 is 5.97 Å². The number of aliphatic carboxylic acids is 1. The molecule has 6 heteroatoms. The molecule has 1 N–H and O–H groups in total. The maximum absolute atomic E-state index is 12.6. The lowest BCUT2D eigenvalue weighted by Gasteiger charge is -2.26. The Bertz CT molecular complexity index is 736. The van der Waals surface area contributed by atoms with E-state index >= 15 is 0 Å². The van der Waals surface area contributed by atoms with Gasteiger partial charge in [-0.05, 0) is 43.4 Å². The van der Waals surface area contributed by atoms with Crippen LogP contribution in [0.4, 0.5) is 0 Å². The van der Waals surface area contributed by atoms with Gasteiger partial charge in [-0.1, -0.05) is 17.7 Å². The summed E-state index contributed by atoms with van der Waals surface area (Å²) >= 11 is 6.01. The Morgan fingerprint density at radius 1 is 1.41 bits per heavy atom. The first-order valence-corrected chi connectivity index (χ1v) is 7.63. The molecule has 0 saturated heterocycles. The van der Waals surface area contributed by atoms with Crippen molar-refractivity contribution in [3.8, 4) is 0 Å². The van der Waals surface area contributed by atoms with Gasteiger partial charge in [0.25, 0.3) is 0 Å². The highest BCUT2D eigenvalue weighted by Crippen LogP contribution is 2.29. The van der Waals surface area contributed by atoms with Crippen LogP contribution in [0, 0.1) is 0 Å². The van der Waals surface area contributed by atoms with E-state index in [0.717, 1.165) is 23.7 Å². The first kappa shape index (κ1) is 14.9. The first-order valence-electron chi connectivity index (χ1n) is 7.25. The summed E-state index contributed by atoms with van der Waals surface area (Å²) < 4.78 is 1.81. The third kappa shape index (κ3) is 2.81. The van der Waals surface area contributed by atoms with Crippen LogP contribution in [-0.2, 0) is 16.1 Å². The summed E-state index contributed by atoms with van der Waals surface area (Å²) in [4.78, 5) is 25.3. The maximum atomic E-state index is 12.6. The van der Waals surface area contributed by atoms with Crippen LogP contribution < -0.4 is 0 Å². The standard InChI is InChI=1S/C16H17ClN2O3/c1-10(16(21)22)19(13-4-5-13)15(20)9-18-7-6-11-2-3-12(17)8-14(11)18/h2-3,6-8,10,13H,4-5,9H2,1H3,(H,21,22). The number of amides is 1. The smallest absolute Gasteiger partial charge is 0.326 e.